The van der Waals surface area contributed by atoms with E-state index in [9.17, 15) is 0 Å². The molecular weight excluding hydrogens is 598 g/mol. The molecule has 0 heterocycles. The summed E-state index contributed by atoms with van der Waals surface area (Å²) in [6, 6.07) is 30.7. The van der Waals surface area contributed by atoms with E-state index in [0.717, 1.165) is 27.2 Å². The minimum absolute atomic E-state index is 0. The van der Waals surface area contributed by atoms with Crippen LogP contribution in [-0.4, -0.2) is 53.5 Å². The number of nitro groups is 2. The maximum atomic E-state index is 8.81. The van der Waals surface area contributed by atoms with Crippen LogP contribution < -0.4 is 22.1 Å². The van der Waals surface area contributed by atoms with Crippen molar-refractivity contribution in [1.29, 1.82) is 0 Å². The normalized spacial score (nSPS) is 7.87. The Labute approximate surface area is 246 Å². The zero-order valence-corrected chi connectivity index (χ0v) is 25.3. The number of hydrogen-bond donors (Lipinski definition) is 4. The van der Waals surface area contributed by atoms with Crippen molar-refractivity contribution in [3.8, 4) is 0 Å². The SMILES string of the molecule is CN.CNCc1ccccc1.CNCc1ccccc1.C[N+](=O)[O-].C[N+](=O)[O-].I.NCc1ccccc1.[B]. The van der Waals surface area contributed by atoms with E-state index >= 15 is 0 Å². The summed E-state index contributed by atoms with van der Waals surface area (Å²) in [6.45, 7) is 2.56. The lowest BCUT2D eigenvalue weighted by Crippen LogP contribution is -2.04. The molecule has 3 aromatic carbocycles. The molecule has 0 aromatic heterocycles. The van der Waals surface area contributed by atoms with E-state index in [1.54, 1.807) is 0 Å². The largest absolute Gasteiger partial charge is 0.333 e. The zero-order valence-electron chi connectivity index (χ0n) is 22.9. The molecule has 0 unspecified atom stereocenters. The summed E-state index contributed by atoms with van der Waals surface area (Å²) >= 11 is 0. The standard InChI is InChI=1S/2C8H11N.C7H9N.2CH3NO2.CH5N.B.HI/c2*1-9-7-8-5-3-2-4-6-8;8-6-7-4-2-1-3-5-7;2*1-2(3)4;1-2;;/h2*2-6,9H,7H2,1H3;1-5H,6,8H2;2*1H3;2H2,1H3;;1H. The van der Waals surface area contributed by atoms with E-state index < -0.39 is 9.85 Å². The number of hydrogen-bond acceptors (Lipinski definition) is 8. The van der Waals surface area contributed by atoms with E-state index in [0.29, 0.717) is 6.54 Å². The first-order chi connectivity index (χ1) is 17.3. The van der Waals surface area contributed by atoms with E-state index in [1.807, 2.05) is 80.8 Å². The van der Waals surface area contributed by atoms with Gasteiger partial charge < -0.3 is 22.1 Å². The van der Waals surface area contributed by atoms with Crippen LogP contribution in [0.1, 0.15) is 16.7 Å². The fourth-order valence-corrected chi connectivity index (χ4v) is 2.21. The third kappa shape index (κ3) is 40.3. The van der Waals surface area contributed by atoms with Gasteiger partial charge in [0.15, 0.2) is 14.1 Å². The molecule has 6 N–H and O–H groups in total. The van der Waals surface area contributed by atoms with Gasteiger partial charge in [0.05, 0.1) is 0 Å². The molecule has 0 aliphatic carbocycles. The van der Waals surface area contributed by atoms with Crippen molar-refractivity contribution in [2.24, 2.45) is 11.5 Å². The summed E-state index contributed by atoms with van der Waals surface area (Å²) in [5.74, 6) is 0. The topological polar surface area (TPSA) is 162 Å². The molecule has 0 saturated heterocycles. The van der Waals surface area contributed by atoms with Crippen molar-refractivity contribution in [2.45, 2.75) is 19.6 Å². The van der Waals surface area contributed by atoms with Crippen LogP contribution in [0.2, 0.25) is 0 Å². The Hall–Kier alpha value is -2.91. The Morgan fingerprint density at radius 2 is 0.842 bits per heavy atom. The van der Waals surface area contributed by atoms with E-state index in [1.165, 1.54) is 23.7 Å². The Morgan fingerprint density at radius 3 is 1.00 bits per heavy atom. The molecule has 3 aromatic rings. The first kappa shape index (κ1) is 45.0. The Morgan fingerprint density at radius 1 is 0.632 bits per heavy atom. The van der Waals surface area contributed by atoms with Crippen LogP contribution >= 0.6 is 24.0 Å². The van der Waals surface area contributed by atoms with Crippen molar-refractivity contribution in [2.75, 3.05) is 35.2 Å². The van der Waals surface area contributed by atoms with Crippen LogP contribution in [0.4, 0.5) is 0 Å². The average Bonchev–Trinajstić information content (AvgIpc) is 2.88. The van der Waals surface area contributed by atoms with Gasteiger partial charge in [-0.25, -0.2) is 0 Å². The third-order valence-electron chi connectivity index (χ3n) is 3.53. The van der Waals surface area contributed by atoms with Crippen LogP contribution in [0.15, 0.2) is 91.0 Å². The molecule has 0 aliphatic rings. The number of rotatable bonds is 5. The molecule has 3 rings (SSSR count). The fraction of sp³-hybridized carbons (Fsp3) is 0.308. The van der Waals surface area contributed by atoms with Gasteiger partial charge in [0, 0.05) is 37.9 Å². The van der Waals surface area contributed by atoms with Crippen molar-refractivity contribution in [3.63, 3.8) is 0 Å². The third-order valence-corrected chi connectivity index (χ3v) is 3.53. The van der Waals surface area contributed by atoms with Crippen molar-refractivity contribution >= 4 is 32.4 Å². The average molecular weight is 641 g/mol. The molecule has 12 heteroatoms. The van der Waals surface area contributed by atoms with Crippen LogP contribution in [0, 0.1) is 20.2 Å². The molecule has 0 fully saturated rings. The number of benzene rings is 3. The van der Waals surface area contributed by atoms with Gasteiger partial charge in [-0.05, 0) is 37.8 Å². The maximum absolute atomic E-state index is 8.81. The number of nitrogens with zero attached hydrogens (tertiary/aromatic N) is 2. The highest BCUT2D eigenvalue weighted by Gasteiger charge is 1.84. The first-order valence-corrected chi connectivity index (χ1v) is 11.1. The van der Waals surface area contributed by atoms with Gasteiger partial charge in [-0.15, -0.1) is 24.0 Å². The summed E-state index contributed by atoms with van der Waals surface area (Å²) in [7, 11) is 7.18. The Kier molecular flexibility index (Phi) is 43.0. The molecule has 0 aliphatic heterocycles. The summed E-state index contributed by atoms with van der Waals surface area (Å²) in [5.41, 5.74) is 13.7. The number of halogens is 1. The maximum Gasteiger partial charge on any atom is 0.194 e. The molecular formula is C26H43BIN6O4. The monoisotopic (exact) mass is 641 g/mol. The van der Waals surface area contributed by atoms with Gasteiger partial charge in [0.25, 0.3) is 0 Å². The highest BCUT2D eigenvalue weighted by molar-refractivity contribution is 14.0. The van der Waals surface area contributed by atoms with Gasteiger partial charge in [-0.2, -0.15) is 0 Å². The van der Waals surface area contributed by atoms with E-state index in [4.69, 9.17) is 26.0 Å². The van der Waals surface area contributed by atoms with Gasteiger partial charge in [0.2, 0.25) is 0 Å². The van der Waals surface area contributed by atoms with Crippen LogP contribution in [0.5, 0.6) is 0 Å². The van der Waals surface area contributed by atoms with Crippen LogP contribution in [0.3, 0.4) is 0 Å². The number of nitrogens with two attached hydrogens (primary N) is 2. The lowest BCUT2D eigenvalue weighted by molar-refractivity contribution is -0.445. The molecule has 0 atom stereocenters. The molecule has 0 bridgehead atoms. The summed E-state index contributed by atoms with van der Waals surface area (Å²) in [4.78, 5) is 16.6. The highest BCUT2D eigenvalue weighted by atomic mass is 127. The molecule has 38 heavy (non-hydrogen) atoms. The molecule has 211 valence electrons. The summed E-state index contributed by atoms with van der Waals surface area (Å²) in [5, 5.41) is 23.8. The minimum atomic E-state index is -0.500. The molecule has 0 saturated carbocycles. The molecule has 3 radical (unpaired) electrons. The molecule has 10 nitrogen and oxygen atoms in total. The second-order valence-corrected chi connectivity index (χ2v) is 6.60. The van der Waals surface area contributed by atoms with Crippen molar-refractivity contribution in [3.05, 3.63) is 128 Å². The van der Waals surface area contributed by atoms with Gasteiger partial charge in [-0.3, -0.25) is 20.2 Å². The summed E-state index contributed by atoms with van der Waals surface area (Å²) in [6.07, 6.45) is 0. The lowest BCUT2D eigenvalue weighted by atomic mass is 10.2. The second kappa shape index (κ2) is 36.3. The predicted octanol–water partition coefficient (Wildman–Crippen LogP) is 3.56. The van der Waals surface area contributed by atoms with Gasteiger partial charge >= 0.3 is 0 Å². The first-order valence-electron chi connectivity index (χ1n) is 11.1. The summed E-state index contributed by atoms with van der Waals surface area (Å²) < 4.78 is 0. The Balaban J connectivity index is -0.000000120. The fourth-order valence-electron chi connectivity index (χ4n) is 2.21. The van der Waals surface area contributed by atoms with Crippen LogP contribution in [0.25, 0.3) is 0 Å². The second-order valence-electron chi connectivity index (χ2n) is 6.60. The zero-order chi connectivity index (χ0) is 28.0. The van der Waals surface area contributed by atoms with Gasteiger partial charge in [0.1, 0.15) is 0 Å². The lowest BCUT2D eigenvalue weighted by Gasteiger charge is -1.95. The molecule has 0 amide bonds. The minimum Gasteiger partial charge on any atom is -0.333 e. The quantitative estimate of drug-likeness (QED) is 0.142. The van der Waals surface area contributed by atoms with Crippen molar-refractivity contribution < 1.29 is 9.85 Å². The highest BCUT2D eigenvalue weighted by Crippen LogP contribution is 1.96. The Bertz CT molecular complexity index is 806. The predicted molar refractivity (Wildman–Crippen MR) is 170 cm³/mol. The number of nitrogens with one attached hydrogen (secondary N) is 2. The van der Waals surface area contributed by atoms with Crippen molar-refractivity contribution in [1.82, 2.24) is 10.6 Å². The van der Waals surface area contributed by atoms with Crippen LogP contribution in [-0.2, 0) is 19.6 Å². The smallest absolute Gasteiger partial charge is 0.194 e. The van der Waals surface area contributed by atoms with E-state index in [2.05, 4.69) is 40.6 Å². The molecule has 0 spiro atoms. The van der Waals surface area contributed by atoms with Gasteiger partial charge in [-0.1, -0.05) is 91.0 Å². The van der Waals surface area contributed by atoms with E-state index in [-0.39, 0.29) is 32.4 Å².